The SMILES string of the molecule is O.O.[Cl][Fe][Cl].[Fe]. The summed E-state index contributed by atoms with van der Waals surface area (Å²) in [5, 5.41) is 0. The first-order valence-electron chi connectivity index (χ1n) is 0.267. The third-order valence-electron chi connectivity index (χ3n) is 0. The molecule has 46 valence electrons. The maximum Gasteiger partial charge on any atom is 0 e. The molecule has 0 radical (unpaired) electrons. The fraction of sp³-hybridized carbons (Fsp3) is 0. The van der Waals surface area contributed by atoms with Crippen LogP contribution in [0.15, 0.2) is 0 Å². The maximum atomic E-state index is 4.76. The van der Waals surface area contributed by atoms with E-state index in [4.69, 9.17) is 20.2 Å². The Morgan fingerprint density at radius 2 is 1.00 bits per heavy atom. The Balaban J connectivity index is -0.00000000667. The summed E-state index contributed by atoms with van der Waals surface area (Å²) in [6, 6.07) is 0. The second-order valence-corrected chi connectivity index (χ2v) is 1.87. The van der Waals surface area contributed by atoms with Gasteiger partial charge in [-0.2, -0.15) is 0 Å². The third-order valence-corrected chi connectivity index (χ3v) is 0. The average molecular weight is 219 g/mol. The monoisotopic (exact) mass is 218 g/mol. The number of hydrogen-bond donors (Lipinski definition) is 0. The number of hydrogen-bond acceptors (Lipinski definition) is 0. The molecule has 6 heavy (non-hydrogen) atoms. The molecule has 0 rings (SSSR count). The molecule has 0 atom stereocenters. The molecule has 0 fully saturated rings. The van der Waals surface area contributed by atoms with Crippen LogP contribution in [0.2, 0.25) is 0 Å². The van der Waals surface area contributed by atoms with Crippen molar-refractivity contribution in [2.24, 2.45) is 0 Å². The number of rotatable bonds is 0. The van der Waals surface area contributed by atoms with E-state index in [-0.39, 0.29) is 41.2 Å². The summed E-state index contributed by atoms with van der Waals surface area (Å²) in [6.45, 7) is 0. The molecule has 4 N–H and O–H groups in total. The molecule has 0 unspecified atom stereocenters. The Labute approximate surface area is 61.3 Å². The van der Waals surface area contributed by atoms with Crippen molar-refractivity contribution in [1.29, 1.82) is 0 Å². The molecule has 0 spiro atoms. The summed E-state index contributed by atoms with van der Waals surface area (Å²) in [7, 11) is 9.53. The zero-order valence-corrected chi connectivity index (χ0v) is 6.18. The first-order chi connectivity index (χ1) is 1.41. The van der Waals surface area contributed by atoms with Crippen LogP contribution in [0.25, 0.3) is 0 Å². The van der Waals surface area contributed by atoms with Crippen molar-refractivity contribution in [3.63, 3.8) is 0 Å². The van der Waals surface area contributed by atoms with Gasteiger partial charge in [-0.3, -0.25) is 0 Å². The van der Waals surface area contributed by atoms with Gasteiger partial charge in [0.25, 0.3) is 0 Å². The minimum absolute atomic E-state index is 0. The molecule has 0 saturated heterocycles. The summed E-state index contributed by atoms with van der Waals surface area (Å²) in [5.74, 6) is 0. The van der Waals surface area contributed by atoms with Crippen LogP contribution < -0.4 is 0 Å². The Morgan fingerprint density at radius 1 is 1.00 bits per heavy atom. The smallest absolute Gasteiger partial charge is 0 e. The fourth-order valence-electron chi connectivity index (χ4n) is 0. The van der Waals surface area contributed by atoms with Crippen molar-refractivity contribution in [2.75, 3.05) is 0 Å². The van der Waals surface area contributed by atoms with Gasteiger partial charge in [-0.05, 0) is 0 Å². The second-order valence-electron chi connectivity index (χ2n) is 0.0505. The van der Waals surface area contributed by atoms with Crippen molar-refractivity contribution in [3.8, 4) is 0 Å². The van der Waals surface area contributed by atoms with Gasteiger partial charge in [-0.25, -0.2) is 0 Å². The van der Waals surface area contributed by atoms with E-state index in [0.717, 1.165) is 0 Å². The van der Waals surface area contributed by atoms with E-state index in [1.165, 1.54) is 0 Å². The van der Waals surface area contributed by atoms with Gasteiger partial charge < -0.3 is 11.0 Å². The second kappa shape index (κ2) is 31.1. The van der Waals surface area contributed by atoms with Crippen LogP contribution in [0, 0.1) is 0 Å². The Kier molecular flexibility index (Phi) is 133. The molecule has 2 nitrogen and oxygen atoms in total. The molecule has 0 saturated carbocycles. The van der Waals surface area contributed by atoms with Crippen molar-refractivity contribution in [2.45, 2.75) is 0 Å². The van der Waals surface area contributed by atoms with Crippen molar-refractivity contribution < 1.29 is 41.2 Å². The standard InChI is InChI=1S/2ClH.2Fe.2H2O/h2*1H;;;2*1H2/q;;;+2;;/p-2. The topological polar surface area (TPSA) is 63.0 Å². The minimum atomic E-state index is 0. The van der Waals surface area contributed by atoms with Gasteiger partial charge in [0, 0.05) is 17.1 Å². The van der Waals surface area contributed by atoms with Crippen LogP contribution in [0.3, 0.4) is 0 Å². The normalized spacial score (nSPS) is 3.67. The molecule has 0 bridgehead atoms. The van der Waals surface area contributed by atoms with E-state index in [2.05, 4.69) is 0 Å². The van der Waals surface area contributed by atoms with Crippen molar-refractivity contribution in [3.05, 3.63) is 0 Å². The van der Waals surface area contributed by atoms with Gasteiger partial charge in [0.05, 0.1) is 0 Å². The van der Waals surface area contributed by atoms with Crippen LogP contribution in [-0.4, -0.2) is 11.0 Å². The maximum absolute atomic E-state index is 4.76. The average Bonchev–Trinajstić information content (AvgIpc) is 0.918. The summed E-state index contributed by atoms with van der Waals surface area (Å²) < 4.78 is 0. The summed E-state index contributed by atoms with van der Waals surface area (Å²) in [4.78, 5) is 0. The van der Waals surface area contributed by atoms with Crippen LogP contribution in [-0.2, 0) is 30.2 Å². The predicted molar refractivity (Wildman–Crippen MR) is 18.9 cm³/mol. The van der Waals surface area contributed by atoms with Gasteiger partial charge in [-0.15, -0.1) is 0 Å². The van der Waals surface area contributed by atoms with Crippen molar-refractivity contribution >= 4 is 20.2 Å². The zero-order valence-electron chi connectivity index (χ0n) is 2.46. The molecule has 6 heteroatoms. The van der Waals surface area contributed by atoms with Crippen LogP contribution >= 0.6 is 20.2 Å². The van der Waals surface area contributed by atoms with E-state index >= 15 is 0 Å². The molecule has 0 heterocycles. The molecule has 0 aliphatic heterocycles. The summed E-state index contributed by atoms with van der Waals surface area (Å²) in [6.07, 6.45) is 0. The van der Waals surface area contributed by atoms with Gasteiger partial charge in [0.15, 0.2) is 0 Å². The van der Waals surface area contributed by atoms with E-state index in [0.29, 0.717) is 0 Å². The van der Waals surface area contributed by atoms with E-state index < -0.39 is 0 Å². The van der Waals surface area contributed by atoms with Gasteiger partial charge in [-0.1, -0.05) is 0 Å². The molecule has 0 aromatic heterocycles. The molecule has 0 aliphatic rings. The van der Waals surface area contributed by atoms with Gasteiger partial charge in [0.1, 0.15) is 0 Å². The summed E-state index contributed by atoms with van der Waals surface area (Å²) >= 11 is 0.194. The third kappa shape index (κ3) is 48.2. The number of halogens is 2. The van der Waals surface area contributed by atoms with Crippen molar-refractivity contribution in [1.82, 2.24) is 0 Å². The fourth-order valence-corrected chi connectivity index (χ4v) is 0. The largest absolute Gasteiger partial charge is 0 e. The molecule has 0 aliphatic carbocycles. The van der Waals surface area contributed by atoms with Gasteiger partial charge in [0.2, 0.25) is 0 Å². The van der Waals surface area contributed by atoms with E-state index in [1.54, 1.807) is 0 Å². The molecular formula is H4Cl2Fe2O2. The first-order valence-corrected chi connectivity index (χ1v) is 3.31. The predicted octanol–water partition coefficient (Wildman–Crippen LogP) is -0.275. The first kappa shape index (κ1) is 25.7. The van der Waals surface area contributed by atoms with Crippen LogP contribution in [0.1, 0.15) is 0 Å². The van der Waals surface area contributed by atoms with Gasteiger partial charge >= 0.3 is 33.3 Å². The Hall–Kier alpha value is 1.54. The van der Waals surface area contributed by atoms with Crippen LogP contribution in [0.4, 0.5) is 0 Å². The Bertz CT molecular complexity index is 9.51. The Morgan fingerprint density at radius 3 is 1.00 bits per heavy atom. The minimum Gasteiger partial charge on any atom is 0 e. The molecule has 0 aromatic carbocycles. The molecule has 0 aromatic rings. The molecular weight excluding hydrogens is 215 g/mol. The molecule has 0 amide bonds. The quantitative estimate of drug-likeness (QED) is 0.503. The van der Waals surface area contributed by atoms with Crippen LogP contribution in [0.5, 0.6) is 0 Å². The zero-order chi connectivity index (χ0) is 2.71. The summed E-state index contributed by atoms with van der Waals surface area (Å²) in [5.41, 5.74) is 0. The van der Waals surface area contributed by atoms with E-state index in [1.807, 2.05) is 0 Å². The van der Waals surface area contributed by atoms with E-state index in [9.17, 15) is 0 Å².